The molecule has 0 aromatic rings. The zero-order chi connectivity index (χ0) is 13.5. The maximum atomic E-state index is 11.3. The summed E-state index contributed by atoms with van der Waals surface area (Å²) in [5.41, 5.74) is 0. The Kier molecular flexibility index (Phi) is 7.17. The van der Waals surface area contributed by atoms with Gasteiger partial charge in [0.25, 0.3) is 0 Å². The Bertz CT molecular complexity index is 402. The number of nitrogens with one attached hydrogen (secondary N) is 2. The molecule has 0 saturated carbocycles. The van der Waals surface area contributed by atoms with E-state index >= 15 is 0 Å². The number of sulfonamides is 1. The summed E-state index contributed by atoms with van der Waals surface area (Å²) in [4.78, 5) is 0. The van der Waals surface area contributed by atoms with Crippen molar-refractivity contribution in [3.8, 4) is 0 Å². The molecule has 0 aliphatic carbocycles. The van der Waals surface area contributed by atoms with Crippen LogP contribution in [0.3, 0.4) is 0 Å². The van der Waals surface area contributed by atoms with Crippen molar-refractivity contribution < 1.29 is 21.9 Å². The summed E-state index contributed by atoms with van der Waals surface area (Å²) in [7, 11) is -6.82. The van der Waals surface area contributed by atoms with Crippen molar-refractivity contribution in [3.05, 3.63) is 0 Å². The largest absolute Gasteiger partial charge is 0.392 e. The molecule has 0 aromatic heterocycles. The summed E-state index contributed by atoms with van der Waals surface area (Å²) in [6, 6.07) is 0. The summed E-state index contributed by atoms with van der Waals surface area (Å²) in [5, 5.41) is 11.8. The van der Waals surface area contributed by atoms with Gasteiger partial charge in [0.1, 0.15) is 9.84 Å². The predicted octanol–water partition coefficient (Wildman–Crippen LogP) is -2.08. The van der Waals surface area contributed by atoms with Crippen LogP contribution in [0.1, 0.15) is 6.92 Å². The van der Waals surface area contributed by atoms with E-state index in [1.54, 1.807) is 6.92 Å². The lowest BCUT2D eigenvalue weighted by Gasteiger charge is -2.08. The monoisotopic (exact) mass is 288 g/mol. The van der Waals surface area contributed by atoms with E-state index in [4.69, 9.17) is 5.11 Å². The molecule has 0 aliphatic heterocycles. The average molecular weight is 288 g/mol. The van der Waals surface area contributed by atoms with E-state index in [1.165, 1.54) is 0 Å². The molecule has 104 valence electrons. The van der Waals surface area contributed by atoms with Gasteiger partial charge in [0.15, 0.2) is 0 Å². The second-order valence-electron chi connectivity index (χ2n) is 3.90. The van der Waals surface area contributed by atoms with Crippen LogP contribution in [0.2, 0.25) is 0 Å². The maximum absolute atomic E-state index is 11.3. The van der Waals surface area contributed by atoms with Crippen LogP contribution >= 0.6 is 0 Å². The van der Waals surface area contributed by atoms with E-state index in [2.05, 4.69) is 10.0 Å². The molecule has 1 atom stereocenters. The summed E-state index contributed by atoms with van der Waals surface area (Å²) in [5.74, 6) is -0.814. The number of hydrogen-bond donors (Lipinski definition) is 3. The number of aliphatic hydroxyl groups is 1. The van der Waals surface area contributed by atoms with Gasteiger partial charge >= 0.3 is 0 Å². The third-order valence-corrected chi connectivity index (χ3v) is 4.38. The Morgan fingerprint density at radius 2 is 1.71 bits per heavy atom. The highest BCUT2D eigenvalue weighted by molar-refractivity contribution is 7.93. The summed E-state index contributed by atoms with van der Waals surface area (Å²) < 4.78 is 46.5. The van der Waals surface area contributed by atoms with Gasteiger partial charge in [-0.05, 0) is 6.92 Å². The van der Waals surface area contributed by atoms with Crippen LogP contribution in [-0.2, 0) is 19.9 Å². The second kappa shape index (κ2) is 7.27. The Balaban J connectivity index is 3.80. The van der Waals surface area contributed by atoms with Crippen molar-refractivity contribution in [3.63, 3.8) is 0 Å². The molecule has 0 radical (unpaired) electrons. The van der Waals surface area contributed by atoms with Gasteiger partial charge in [0.2, 0.25) is 10.0 Å². The van der Waals surface area contributed by atoms with E-state index < -0.39 is 31.7 Å². The molecule has 0 amide bonds. The zero-order valence-corrected chi connectivity index (χ0v) is 11.6. The Labute approximate surface area is 103 Å². The highest BCUT2D eigenvalue weighted by Gasteiger charge is 2.13. The molecule has 17 heavy (non-hydrogen) atoms. The molecular weight excluding hydrogens is 268 g/mol. The summed E-state index contributed by atoms with van der Waals surface area (Å²) in [6.07, 6.45) is 0.504. The standard InChI is InChI=1S/C8H20N2O5S2/c1-8(11)7-9-3-4-10-17(14,15)6-5-16(2,12)13/h8-11H,3-7H2,1-2H3. The molecular formula is C8H20N2O5S2. The first-order valence-electron chi connectivity index (χ1n) is 5.16. The molecule has 9 heteroatoms. The van der Waals surface area contributed by atoms with Gasteiger partial charge in [0, 0.05) is 25.9 Å². The normalized spacial score (nSPS) is 14.8. The van der Waals surface area contributed by atoms with Gasteiger partial charge in [-0.2, -0.15) is 0 Å². The SMILES string of the molecule is CC(O)CNCCNS(=O)(=O)CCS(C)(=O)=O. The van der Waals surface area contributed by atoms with E-state index in [9.17, 15) is 16.8 Å². The van der Waals surface area contributed by atoms with E-state index in [0.717, 1.165) is 6.26 Å². The number of sulfone groups is 1. The van der Waals surface area contributed by atoms with Crippen LogP contribution in [0.15, 0.2) is 0 Å². The van der Waals surface area contributed by atoms with Crippen molar-refractivity contribution in [1.82, 2.24) is 10.0 Å². The van der Waals surface area contributed by atoms with Crippen LogP contribution in [0.4, 0.5) is 0 Å². The molecule has 0 spiro atoms. The molecule has 0 saturated heterocycles. The number of hydrogen-bond acceptors (Lipinski definition) is 6. The van der Waals surface area contributed by atoms with Gasteiger partial charge in [-0.25, -0.2) is 21.6 Å². The lowest BCUT2D eigenvalue weighted by Crippen LogP contribution is -2.36. The molecule has 0 rings (SSSR count). The Hall–Kier alpha value is -0.220. The highest BCUT2D eigenvalue weighted by atomic mass is 32.2. The summed E-state index contributed by atoms with van der Waals surface area (Å²) in [6.45, 7) is 2.54. The van der Waals surface area contributed by atoms with Gasteiger partial charge in [-0.15, -0.1) is 0 Å². The Morgan fingerprint density at radius 1 is 1.12 bits per heavy atom. The van der Waals surface area contributed by atoms with Gasteiger partial charge < -0.3 is 10.4 Å². The fourth-order valence-corrected chi connectivity index (χ4v) is 3.59. The minimum atomic E-state index is -3.55. The molecule has 3 N–H and O–H groups in total. The Morgan fingerprint density at radius 3 is 2.18 bits per heavy atom. The quantitative estimate of drug-likeness (QED) is 0.420. The van der Waals surface area contributed by atoms with E-state index in [1.807, 2.05) is 0 Å². The molecule has 0 bridgehead atoms. The van der Waals surface area contributed by atoms with Crippen LogP contribution in [-0.4, -0.2) is 65.4 Å². The maximum Gasteiger partial charge on any atom is 0.212 e. The second-order valence-corrected chi connectivity index (χ2v) is 8.08. The third-order valence-electron chi connectivity index (χ3n) is 1.79. The van der Waals surface area contributed by atoms with Crippen molar-refractivity contribution in [2.24, 2.45) is 0 Å². The predicted molar refractivity (Wildman–Crippen MR) is 66.1 cm³/mol. The molecule has 0 fully saturated rings. The number of rotatable bonds is 9. The molecule has 7 nitrogen and oxygen atoms in total. The van der Waals surface area contributed by atoms with Crippen LogP contribution < -0.4 is 10.0 Å². The van der Waals surface area contributed by atoms with E-state index in [-0.39, 0.29) is 12.3 Å². The minimum Gasteiger partial charge on any atom is -0.392 e. The smallest absolute Gasteiger partial charge is 0.212 e. The van der Waals surface area contributed by atoms with Crippen molar-refractivity contribution in [2.75, 3.05) is 37.4 Å². The fourth-order valence-electron chi connectivity index (χ4n) is 0.939. The lowest BCUT2D eigenvalue weighted by molar-refractivity contribution is 0.192. The molecule has 0 heterocycles. The van der Waals surface area contributed by atoms with Crippen LogP contribution in [0.5, 0.6) is 0 Å². The minimum absolute atomic E-state index is 0.165. The fraction of sp³-hybridized carbons (Fsp3) is 1.00. The first-order valence-corrected chi connectivity index (χ1v) is 8.87. The van der Waals surface area contributed by atoms with Crippen LogP contribution in [0.25, 0.3) is 0 Å². The summed E-state index contributed by atoms with van der Waals surface area (Å²) >= 11 is 0. The third kappa shape index (κ3) is 12.0. The van der Waals surface area contributed by atoms with Crippen molar-refractivity contribution >= 4 is 19.9 Å². The van der Waals surface area contributed by atoms with Crippen molar-refractivity contribution in [2.45, 2.75) is 13.0 Å². The highest BCUT2D eigenvalue weighted by Crippen LogP contribution is 1.89. The first-order chi connectivity index (χ1) is 7.62. The molecule has 0 aliphatic rings. The molecule has 0 aromatic carbocycles. The van der Waals surface area contributed by atoms with Gasteiger partial charge in [-0.3, -0.25) is 0 Å². The zero-order valence-electron chi connectivity index (χ0n) is 10.0. The lowest BCUT2D eigenvalue weighted by atomic mass is 10.4. The average Bonchev–Trinajstić information content (AvgIpc) is 2.13. The first kappa shape index (κ1) is 16.8. The topological polar surface area (TPSA) is 113 Å². The van der Waals surface area contributed by atoms with E-state index in [0.29, 0.717) is 13.1 Å². The number of aliphatic hydroxyl groups excluding tert-OH is 1. The van der Waals surface area contributed by atoms with Crippen molar-refractivity contribution in [1.29, 1.82) is 0 Å². The van der Waals surface area contributed by atoms with Crippen LogP contribution in [0, 0.1) is 0 Å². The van der Waals surface area contributed by atoms with Gasteiger partial charge in [0.05, 0.1) is 17.6 Å². The molecule has 1 unspecified atom stereocenters. The van der Waals surface area contributed by atoms with Gasteiger partial charge in [-0.1, -0.05) is 0 Å².